The highest BCUT2D eigenvalue weighted by Gasteiger charge is 2.63. The molecule has 1 heterocycles. The molecule has 3 aliphatic rings. The van der Waals surface area contributed by atoms with Crippen molar-refractivity contribution in [2.45, 2.75) is 44.3 Å². The Morgan fingerprint density at radius 2 is 1.90 bits per heavy atom. The van der Waals surface area contributed by atoms with Gasteiger partial charge in [-0.1, -0.05) is 12.2 Å². The van der Waals surface area contributed by atoms with E-state index in [-0.39, 0.29) is 5.41 Å². The highest BCUT2D eigenvalue weighted by atomic mass is 16.7. The van der Waals surface area contributed by atoms with Crippen LogP contribution in [0.25, 0.3) is 0 Å². The van der Waals surface area contributed by atoms with Crippen LogP contribution in [0.15, 0.2) is 25.3 Å². The molecule has 0 bridgehead atoms. The van der Waals surface area contributed by atoms with E-state index in [0.717, 1.165) is 25.7 Å². The quantitative estimate of drug-likeness (QED) is 0.723. The first-order chi connectivity index (χ1) is 9.64. The Hall–Kier alpha value is -0.930. The number of carbonyl (C=O) groups excluding carboxylic acids is 1. The zero-order valence-electron chi connectivity index (χ0n) is 12.1. The van der Waals surface area contributed by atoms with Gasteiger partial charge in [-0.15, -0.1) is 13.2 Å². The average molecular weight is 276 g/mol. The number of hydrogen-bond acceptors (Lipinski definition) is 3. The fourth-order valence-electron chi connectivity index (χ4n) is 4.80. The topological polar surface area (TPSA) is 35.5 Å². The summed E-state index contributed by atoms with van der Waals surface area (Å²) in [4.78, 5) is 12.0. The Balaban J connectivity index is 1.90. The van der Waals surface area contributed by atoms with Gasteiger partial charge >= 0.3 is 0 Å². The minimum absolute atomic E-state index is 0.0316. The molecule has 3 rings (SSSR count). The van der Waals surface area contributed by atoms with E-state index in [4.69, 9.17) is 9.47 Å². The van der Waals surface area contributed by atoms with E-state index in [1.54, 1.807) is 0 Å². The fraction of sp³-hybridized carbons (Fsp3) is 0.706. The second-order valence-electron chi connectivity index (χ2n) is 6.58. The molecule has 0 aromatic rings. The van der Waals surface area contributed by atoms with Crippen molar-refractivity contribution in [3.8, 4) is 0 Å². The SMILES string of the molecule is C=CCC(CC=C)[C@@]12CC(=O)C[C@@H]1CC1(C2)OCCO1. The van der Waals surface area contributed by atoms with Crippen molar-refractivity contribution < 1.29 is 14.3 Å². The number of ether oxygens (including phenoxy) is 2. The number of carbonyl (C=O) groups is 1. The van der Waals surface area contributed by atoms with Crippen molar-refractivity contribution in [3.63, 3.8) is 0 Å². The highest BCUT2D eigenvalue weighted by molar-refractivity contribution is 5.82. The second kappa shape index (κ2) is 5.12. The molecule has 0 aromatic heterocycles. The maximum atomic E-state index is 12.0. The molecule has 3 heteroatoms. The molecule has 2 aliphatic carbocycles. The third kappa shape index (κ3) is 2.08. The van der Waals surface area contributed by atoms with Crippen LogP contribution >= 0.6 is 0 Å². The van der Waals surface area contributed by atoms with Crippen molar-refractivity contribution in [1.29, 1.82) is 0 Å². The van der Waals surface area contributed by atoms with E-state index in [9.17, 15) is 4.79 Å². The van der Waals surface area contributed by atoms with Gasteiger partial charge in [-0.3, -0.25) is 4.79 Å². The first kappa shape index (κ1) is 14.0. The summed E-state index contributed by atoms with van der Waals surface area (Å²) >= 11 is 0. The van der Waals surface area contributed by atoms with Crippen molar-refractivity contribution in [3.05, 3.63) is 25.3 Å². The zero-order chi connectivity index (χ0) is 14.2. The van der Waals surface area contributed by atoms with E-state index in [2.05, 4.69) is 13.2 Å². The summed E-state index contributed by atoms with van der Waals surface area (Å²) in [6.45, 7) is 9.15. The molecule has 2 atom stereocenters. The van der Waals surface area contributed by atoms with Gasteiger partial charge < -0.3 is 9.47 Å². The molecule has 0 N–H and O–H groups in total. The largest absolute Gasteiger partial charge is 0.348 e. The number of fused-ring (bicyclic) bond motifs is 1. The van der Waals surface area contributed by atoms with Crippen LogP contribution in [0.5, 0.6) is 0 Å². The summed E-state index contributed by atoms with van der Waals surface area (Å²) in [5.41, 5.74) is 0.0316. The maximum absolute atomic E-state index is 12.0. The van der Waals surface area contributed by atoms with Gasteiger partial charge in [0, 0.05) is 25.7 Å². The average Bonchev–Trinajstić information content (AvgIpc) is 3.03. The number of rotatable bonds is 5. The van der Waals surface area contributed by atoms with Crippen molar-refractivity contribution >= 4 is 5.78 Å². The van der Waals surface area contributed by atoms with Crippen LogP contribution in [-0.2, 0) is 14.3 Å². The molecule has 1 saturated heterocycles. The molecule has 2 saturated carbocycles. The Morgan fingerprint density at radius 3 is 2.50 bits per heavy atom. The number of ketones is 1. The van der Waals surface area contributed by atoms with Crippen LogP contribution in [0.2, 0.25) is 0 Å². The van der Waals surface area contributed by atoms with Crippen LogP contribution < -0.4 is 0 Å². The van der Waals surface area contributed by atoms with Gasteiger partial charge in [0.05, 0.1) is 13.2 Å². The van der Waals surface area contributed by atoms with Crippen molar-refractivity contribution in [1.82, 2.24) is 0 Å². The fourth-order valence-corrected chi connectivity index (χ4v) is 4.80. The summed E-state index contributed by atoms with van der Waals surface area (Å²) < 4.78 is 11.8. The van der Waals surface area contributed by atoms with Crippen LogP contribution in [0.4, 0.5) is 0 Å². The molecular weight excluding hydrogens is 252 g/mol. The normalized spacial score (nSPS) is 34.9. The lowest BCUT2D eigenvalue weighted by atomic mass is 9.67. The zero-order valence-corrected chi connectivity index (χ0v) is 12.1. The molecule has 0 radical (unpaired) electrons. The second-order valence-corrected chi connectivity index (χ2v) is 6.58. The molecule has 0 unspecified atom stereocenters. The minimum Gasteiger partial charge on any atom is -0.348 e. The predicted molar refractivity (Wildman–Crippen MR) is 77.2 cm³/mol. The Bertz CT molecular complexity index is 412. The van der Waals surface area contributed by atoms with Crippen LogP contribution in [-0.4, -0.2) is 24.8 Å². The summed E-state index contributed by atoms with van der Waals surface area (Å²) in [6, 6.07) is 0. The molecule has 1 spiro atoms. The van der Waals surface area contributed by atoms with Gasteiger partial charge in [0.15, 0.2) is 5.79 Å². The molecule has 3 fully saturated rings. The van der Waals surface area contributed by atoms with Crippen molar-refractivity contribution in [2.75, 3.05) is 13.2 Å². The van der Waals surface area contributed by atoms with Gasteiger partial charge in [-0.05, 0) is 30.1 Å². The highest BCUT2D eigenvalue weighted by Crippen LogP contribution is 2.63. The Labute approximate surface area is 121 Å². The summed E-state index contributed by atoms with van der Waals surface area (Å²) in [5, 5.41) is 0. The van der Waals surface area contributed by atoms with E-state index < -0.39 is 5.79 Å². The van der Waals surface area contributed by atoms with Gasteiger partial charge in [-0.2, -0.15) is 0 Å². The van der Waals surface area contributed by atoms with E-state index in [1.807, 2.05) is 12.2 Å². The standard InChI is InChI=1S/C17H24O3/c1-3-5-13(6-4-2)16-11-15(18)9-14(16)10-17(12-16)19-7-8-20-17/h3-4,13-14H,1-2,5-12H2/t14-,16+/m1/s1. The summed E-state index contributed by atoms with van der Waals surface area (Å²) in [5.74, 6) is 0.825. The third-order valence-electron chi connectivity index (χ3n) is 5.50. The first-order valence-electron chi connectivity index (χ1n) is 7.65. The van der Waals surface area contributed by atoms with Crippen LogP contribution in [0, 0.1) is 17.3 Å². The van der Waals surface area contributed by atoms with Gasteiger partial charge in [0.2, 0.25) is 0 Å². The Kier molecular flexibility index (Phi) is 3.59. The van der Waals surface area contributed by atoms with Crippen molar-refractivity contribution in [2.24, 2.45) is 17.3 Å². The van der Waals surface area contributed by atoms with E-state index in [0.29, 0.717) is 43.7 Å². The predicted octanol–water partition coefficient (Wildman–Crippen LogP) is 3.26. The molecule has 110 valence electrons. The van der Waals surface area contributed by atoms with Gasteiger partial charge in [-0.25, -0.2) is 0 Å². The molecule has 0 aromatic carbocycles. The summed E-state index contributed by atoms with van der Waals surface area (Å²) in [6.07, 6.45) is 8.94. The van der Waals surface area contributed by atoms with E-state index >= 15 is 0 Å². The number of allylic oxidation sites excluding steroid dienone is 2. The lowest BCUT2D eigenvalue weighted by Crippen LogP contribution is -2.34. The monoisotopic (exact) mass is 276 g/mol. The molecule has 1 aliphatic heterocycles. The summed E-state index contributed by atoms with van der Waals surface area (Å²) in [7, 11) is 0. The lowest BCUT2D eigenvalue weighted by Gasteiger charge is -2.37. The maximum Gasteiger partial charge on any atom is 0.169 e. The van der Waals surface area contributed by atoms with Gasteiger partial charge in [0.1, 0.15) is 5.78 Å². The Morgan fingerprint density at radius 1 is 1.25 bits per heavy atom. The molecule has 3 nitrogen and oxygen atoms in total. The molecular formula is C17H24O3. The van der Waals surface area contributed by atoms with Gasteiger partial charge in [0.25, 0.3) is 0 Å². The molecule has 0 amide bonds. The van der Waals surface area contributed by atoms with E-state index in [1.165, 1.54) is 0 Å². The minimum atomic E-state index is -0.411. The first-order valence-corrected chi connectivity index (χ1v) is 7.65. The molecule has 20 heavy (non-hydrogen) atoms. The lowest BCUT2D eigenvalue weighted by molar-refractivity contribution is -0.161. The number of Topliss-reactive ketones (excluding diaryl/α,β-unsaturated/α-hetero) is 1. The smallest absolute Gasteiger partial charge is 0.169 e. The third-order valence-corrected chi connectivity index (χ3v) is 5.50. The number of hydrogen-bond donors (Lipinski definition) is 0. The van der Waals surface area contributed by atoms with Crippen LogP contribution in [0.1, 0.15) is 38.5 Å². The van der Waals surface area contributed by atoms with Crippen LogP contribution in [0.3, 0.4) is 0 Å².